The van der Waals surface area contributed by atoms with E-state index in [4.69, 9.17) is 22.3 Å². The Hall–Kier alpha value is -4.08. The highest BCUT2D eigenvalue weighted by Gasteiger charge is 2.24. The fourth-order valence-corrected chi connectivity index (χ4v) is 3.81. The van der Waals surface area contributed by atoms with Gasteiger partial charge in [-0.15, -0.1) is 0 Å². The second-order valence-electron chi connectivity index (χ2n) is 10.8. The van der Waals surface area contributed by atoms with E-state index >= 15 is 0 Å². The van der Waals surface area contributed by atoms with Gasteiger partial charge in [-0.25, -0.2) is 28.7 Å². The van der Waals surface area contributed by atoms with E-state index in [9.17, 15) is 18.7 Å². The highest BCUT2D eigenvalue weighted by Crippen LogP contribution is 2.25. The Balaban J connectivity index is 0.000000250. The van der Waals surface area contributed by atoms with Crippen molar-refractivity contribution in [2.24, 2.45) is 5.73 Å². The van der Waals surface area contributed by atoms with Crippen molar-refractivity contribution in [3.05, 3.63) is 46.5 Å². The molecule has 2 atom stereocenters. The zero-order valence-electron chi connectivity index (χ0n) is 25.0. The van der Waals surface area contributed by atoms with Crippen LogP contribution in [0.1, 0.15) is 66.2 Å². The molecule has 0 saturated carbocycles. The van der Waals surface area contributed by atoms with Crippen LogP contribution in [0.5, 0.6) is 0 Å². The van der Waals surface area contributed by atoms with Crippen LogP contribution >= 0.6 is 0 Å². The quantitative estimate of drug-likeness (QED) is 0.139. The summed E-state index contributed by atoms with van der Waals surface area (Å²) in [5, 5.41) is 21.5. The van der Waals surface area contributed by atoms with Gasteiger partial charge in [0.1, 0.15) is 22.7 Å². The number of nitrogens with two attached hydrogens (primary N) is 3. The van der Waals surface area contributed by atoms with Crippen LogP contribution in [0.25, 0.3) is 22.1 Å². The lowest BCUT2D eigenvalue weighted by Gasteiger charge is -2.29. The molecule has 4 aromatic heterocycles. The van der Waals surface area contributed by atoms with Crippen molar-refractivity contribution in [3.63, 3.8) is 0 Å². The van der Waals surface area contributed by atoms with E-state index in [1.165, 1.54) is 6.07 Å². The van der Waals surface area contributed by atoms with Crippen LogP contribution in [-0.2, 0) is 0 Å². The number of rotatable bonds is 10. The Kier molecular flexibility index (Phi) is 13.0. The fourth-order valence-electron chi connectivity index (χ4n) is 3.81. The number of pyridine rings is 2. The van der Waals surface area contributed by atoms with Gasteiger partial charge in [-0.3, -0.25) is 9.78 Å². The average molecular weight is 605 g/mol. The number of unbranched alkanes of at least 4 members (excludes halogenated alkanes) is 2. The second-order valence-corrected chi connectivity index (χ2v) is 10.8. The first kappa shape index (κ1) is 35.1. The molecule has 0 fully saturated rings. The number of fused-ring (bicyclic) bond motifs is 2. The van der Waals surface area contributed by atoms with E-state index < -0.39 is 22.7 Å². The van der Waals surface area contributed by atoms with E-state index in [2.05, 4.69) is 49.1 Å². The molecule has 4 heterocycles. The van der Waals surface area contributed by atoms with Crippen molar-refractivity contribution in [1.29, 1.82) is 0 Å². The molecule has 15 heteroatoms. The number of aromatic amines is 1. The number of halogens is 2. The number of H-pyrrole nitrogens is 1. The number of hydrogen-bond donors (Lipinski definition) is 7. The summed E-state index contributed by atoms with van der Waals surface area (Å²) in [7, 11) is 0. The SMILES string of the molecule is CCCC[C@@](C)(CO)Nc1nc(N)nc2cc(F)cnc12.CCCC[C@@](C)(N)CO.Nc1nc2cc(F)cnc2c(=O)[nH]1. The maximum Gasteiger partial charge on any atom is 0.278 e. The summed E-state index contributed by atoms with van der Waals surface area (Å²) in [4.78, 5) is 32.8. The Morgan fingerprint density at radius 2 is 1.44 bits per heavy atom. The highest BCUT2D eigenvalue weighted by molar-refractivity contribution is 5.86. The fraction of sp³-hybridized carbons (Fsp3) is 0.500. The predicted molar refractivity (Wildman–Crippen MR) is 164 cm³/mol. The van der Waals surface area contributed by atoms with Crippen LogP contribution in [0.3, 0.4) is 0 Å². The van der Waals surface area contributed by atoms with Gasteiger partial charge in [0.2, 0.25) is 11.9 Å². The standard InChI is InChI=1S/C14H20FN5O.C7H5FN4O.C7H17NO/c1-3-4-5-14(2,8-21)20-12-11-10(18-13(16)19-12)6-9(15)7-17-11;8-3-1-4-5(10-2-3)6(13)12-7(9)11-4;1-3-4-5-7(2,8)6-9/h6-7,21H,3-5,8H2,1-2H3,(H3,16,18,19,20);1-2H,(H3,9,11,12,13);9H,3-6,8H2,1-2H3/t14-;;7-/m0.1/s1. The van der Waals surface area contributed by atoms with Crippen molar-refractivity contribution in [1.82, 2.24) is 29.9 Å². The predicted octanol–water partition coefficient (Wildman–Crippen LogP) is 3.02. The van der Waals surface area contributed by atoms with Gasteiger partial charge in [-0.2, -0.15) is 4.98 Å². The van der Waals surface area contributed by atoms with Crippen molar-refractivity contribution >= 4 is 39.8 Å². The molecular formula is C28H42F2N10O3. The molecule has 0 aliphatic rings. The Labute approximate surface area is 248 Å². The van der Waals surface area contributed by atoms with E-state index in [0.717, 1.165) is 57.0 Å². The molecule has 0 radical (unpaired) electrons. The smallest absolute Gasteiger partial charge is 0.278 e. The van der Waals surface area contributed by atoms with Crippen LogP contribution in [0.4, 0.5) is 26.5 Å². The van der Waals surface area contributed by atoms with Gasteiger partial charge in [0, 0.05) is 17.7 Å². The third kappa shape index (κ3) is 10.9. The number of anilines is 3. The highest BCUT2D eigenvalue weighted by atomic mass is 19.1. The zero-order chi connectivity index (χ0) is 32.2. The lowest BCUT2D eigenvalue weighted by molar-refractivity contribution is 0.198. The van der Waals surface area contributed by atoms with E-state index in [1.807, 2.05) is 13.8 Å². The first-order valence-corrected chi connectivity index (χ1v) is 13.9. The second kappa shape index (κ2) is 16.0. The topological polar surface area (TPSA) is 228 Å². The summed E-state index contributed by atoms with van der Waals surface area (Å²) in [5.74, 6) is -0.643. The van der Waals surface area contributed by atoms with Gasteiger partial charge in [-0.05, 0) is 26.7 Å². The average Bonchev–Trinajstić information content (AvgIpc) is 2.95. The lowest BCUT2D eigenvalue weighted by Crippen LogP contribution is -2.39. The summed E-state index contributed by atoms with van der Waals surface area (Å²) in [6, 6.07) is 2.36. The van der Waals surface area contributed by atoms with Crippen LogP contribution < -0.4 is 28.1 Å². The maximum absolute atomic E-state index is 13.2. The Morgan fingerprint density at radius 1 is 0.884 bits per heavy atom. The van der Waals surface area contributed by atoms with Gasteiger partial charge in [0.25, 0.3) is 5.56 Å². The molecule has 0 unspecified atom stereocenters. The molecule has 4 aromatic rings. The molecule has 43 heavy (non-hydrogen) atoms. The van der Waals surface area contributed by atoms with Gasteiger partial charge in [-0.1, -0.05) is 39.5 Å². The van der Waals surface area contributed by atoms with Crippen molar-refractivity contribution in [2.75, 3.05) is 30.0 Å². The summed E-state index contributed by atoms with van der Waals surface area (Å²) < 4.78 is 25.9. The normalized spacial score (nSPS) is 13.7. The molecule has 0 amide bonds. The van der Waals surface area contributed by atoms with Crippen LogP contribution in [0.15, 0.2) is 29.3 Å². The molecule has 236 valence electrons. The summed E-state index contributed by atoms with van der Waals surface area (Å²) >= 11 is 0. The minimum absolute atomic E-state index is 0.0354. The first-order chi connectivity index (χ1) is 20.3. The van der Waals surface area contributed by atoms with E-state index in [0.29, 0.717) is 16.9 Å². The van der Waals surface area contributed by atoms with Gasteiger partial charge >= 0.3 is 0 Å². The molecule has 0 aliphatic heterocycles. The minimum Gasteiger partial charge on any atom is -0.394 e. The third-order valence-electron chi connectivity index (χ3n) is 6.37. The molecule has 0 aromatic carbocycles. The molecule has 0 aliphatic carbocycles. The number of aromatic nitrogens is 6. The summed E-state index contributed by atoms with van der Waals surface area (Å²) in [6.45, 7) is 8.01. The molecule has 0 bridgehead atoms. The maximum atomic E-state index is 13.2. The van der Waals surface area contributed by atoms with Gasteiger partial charge in [0.05, 0.1) is 36.7 Å². The Morgan fingerprint density at radius 3 is 2.00 bits per heavy atom. The molecule has 0 saturated heterocycles. The van der Waals surface area contributed by atoms with Crippen LogP contribution in [-0.4, -0.2) is 64.4 Å². The molecule has 13 nitrogen and oxygen atoms in total. The van der Waals surface area contributed by atoms with Crippen molar-refractivity contribution in [2.45, 2.75) is 77.3 Å². The number of aliphatic hydroxyl groups excluding tert-OH is 2. The van der Waals surface area contributed by atoms with Crippen LogP contribution in [0.2, 0.25) is 0 Å². The van der Waals surface area contributed by atoms with Crippen molar-refractivity contribution in [3.8, 4) is 0 Å². The number of aliphatic hydroxyl groups is 2. The molecule has 10 N–H and O–H groups in total. The van der Waals surface area contributed by atoms with Crippen LogP contribution in [0, 0.1) is 11.6 Å². The van der Waals surface area contributed by atoms with E-state index in [-0.39, 0.29) is 41.7 Å². The largest absolute Gasteiger partial charge is 0.394 e. The summed E-state index contributed by atoms with van der Waals surface area (Å²) in [5.41, 5.74) is 16.2. The first-order valence-electron chi connectivity index (χ1n) is 13.9. The minimum atomic E-state index is -0.551. The number of hydrogen-bond acceptors (Lipinski definition) is 12. The summed E-state index contributed by atoms with van der Waals surface area (Å²) in [6.07, 6.45) is 7.98. The lowest BCUT2D eigenvalue weighted by atomic mass is 9.96. The molecular weight excluding hydrogens is 562 g/mol. The molecule has 4 rings (SSSR count). The number of nitrogen functional groups attached to an aromatic ring is 2. The Bertz CT molecular complexity index is 1530. The van der Waals surface area contributed by atoms with Gasteiger partial charge < -0.3 is 32.7 Å². The number of nitrogens with zero attached hydrogens (tertiary/aromatic N) is 5. The van der Waals surface area contributed by atoms with E-state index in [1.54, 1.807) is 0 Å². The monoisotopic (exact) mass is 604 g/mol. The third-order valence-corrected chi connectivity index (χ3v) is 6.37. The molecule has 0 spiro atoms. The zero-order valence-corrected chi connectivity index (χ0v) is 25.0. The number of nitrogens with one attached hydrogen (secondary N) is 2. The van der Waals surface area contributed by atoms with Gasteiger partial charge in [0.15, 0.2) is 11.3 Å². The van der Waals surface area contributed by atoms with Crippen molar-refractivity contribution < 1.29 is 19.0 Å².